The topological polar surface area (TPSA) is 185 Å². The second-order valence-electron chi connectivity index (χ2n) is 13.2. The Bertz CT molecular complexity index is 1850. The fourth-order valence-electron chi connectivity index (χ4n) is 6.87. The quantitative estimate of drug-likeness (QED) is 0.0392. The first-order chi connectivity index (χ1) is 25.4. The highest BCUT2D eigenvalue weighted by molar-refractivity contribution is 7.53. The maximum atomic E-state index is 15.1. The van der Waals surface area contributed by atoms with Gasteiger partial charge in [-0.25, -0.2) is 4.79 Å². The highest BCUT2D eigenvalue weighted by Crippen LogP contribution is 2.48. The number of aliphatic hydroxyl groups excluding tert-OH is 2. The van der Waals surface area contributed by atoms with Crippen LogP contribution in [0.4, 0.5) is 10.5 Å². The van der Waals surface area contributed by atoms with Crippen molar-refractivity contribution in [1.82, 2.24) is 9.80 Å². The van der Waals surface area contributed by atoms with Crippen LogP contribution in [0.3, 0.4) is 0 Å². The van der Waals surface area contributed by atoms with Crippen molar-refractivity contribution in [2.75, 3.05) is 25.3 Å². The fraction of sp³-hybridized carbons (Fsp3) is 0.350. The monoisotopic (exact) mass is 743 g/mol. The van der Waals surface area contributed by atoms with Crippen LogP contribution in [0.2, 0.25) is 0 Å². The summed E-state index contributed by atoms with van der Waals surface area (Å²) in [7, 11) is -3.44. The van der Waals surface area contributed by atoms with E-state index in [1.165, 1.54) is 0 Å². The van der Waals surface area contributed by atoms with Crippen LogP contribution in [0.25, 0.3) is 0 Å². The predicted octanol–water partition coefficient (Wildman–Crippen LogP) is 6.10. The van der Waals surface area contributed by atoms with Gasteiger partial charge in [0.2, 0.25) is 0 Å². The van der Waals surface area contributed by atoms with E-state index in [0.29, 0.717) is 22.6 Å². The summed E-state index contributed by atoms with van der Waals surface area (Å²) < 4.78 is 29.4. The van der Waals surface area contributed by atoms with Gasteiger partial charge in [0.05, 0.1) is 25.3 Å². The second kappa shape index (κ2) is 17.9. The summed E-state index contributed by atoms with van der Waals surface area (Å²) in [5.74, 6) is -0.140. The van der Waals surface area contributed by atoms with Crippen molar-refractivity contribution < 1.29 is 33.4 Å². The number of nitrogens with zero attached hydrogens (tertiary/aromatic N) is 2. The molecule has 1 heterocycles. The molecule has 0 spiro atoms. The molecule has 7 N–H and O–H groups in total. The van der Waals surface area contributed by atoms with Crippen molar-refractivity contribution in [3.05, 3.63) is 131 Å². The van der Waals surface area contributed by atoms with E-state index in [2.05, 4.69) is 0 Å². The van der Waals surface area contributed by atoms with Crippen LogP contribution in [0.5, 0.6) is 5.75 Å². The Labute approximate surface area is 311 Å². The van der Waals surface area contributed by atoms with E-state index in [-0.39, 0.29) is 56.9 Å². The van der Waals surface area contributed by atoms with Gasteiger partial charge in [0.25, 0.3) is 0 Å². The van der Waals surface area contributed by atoms with E-state index in [1.54, 1.807) is 66.1 Å². The first kappa shape index (κ1) is 39.5. The molecule has 13 heteroatoms. The molecule has 12 nitrogen and oxygen atoms in total. The molecule has 0 unspecified atom stereocenters. The number of aliphatic hydroxyl groups is 2. The number of ether oxygens (including phenoxy) is 1. The first-order valence-corrected chi connectivity index (χ1v) is 19.5. The molecule has 1 fully saturated rings. The molecular formula is C40H50N5O7P. The maximum absolute atomic E-state index is 15.1. The SMILES string of the molecule is CCOP(=O)(COc1ccc(CN2C(=O)N(Cc3ccc(N)c(C(=N)N)c3)[C@H](Cc3ccccc3)[C@H](O)[C@@H](O)[C@H]2[C@H](C)c2ccccc2)cc1)OCC. The van der Waals surface area contributed by atoms with Gasteiger partial charge in [0, 0.05) is 30.3 Å². The zero-order chi connectivity index (χ0) is 38.1. The van der Waals surface area contributed by atoms with E-state index in [0.717, 1.165) is 16.7 Å². The average Bonchev–Trinajstić information content (AvgIpc) is 3.22. The number of rotatable bonds is 16. The lowest BCUT2D eigenvalue weighted by atomic mass is 9.84. The van der Waals surface area contributed by atoms with Crippen LogP contribution in [0.15, 0.2) is 103 Å². The summed E-state index contributed by atoms with van der Waals surface area (Å²) in [6.45, 7) is 5.99. The minimum atomic E-state index is -3.44. The number of hydrogen-bond acceptors (Lipinski definition) is 9. The number of urea groups is 1. The van der Waals surface area contributed by atoms with Gasteiger partial charge < -0.3 is 45.3 Å². The Morgan fingerprint density at radius 3 is 2.02 bits per heavy atom. The average molecular weight is 744 g/mol. The molecule has 0 aliphatic carbocycles. The number of amidine groups is 1. The molecule has 0 saturated carbocycles. The number of carbonyl (C=O) groups is 1. The smallest absolute Gasteiger partial charge is 0.367 e. The zero-order valence-corrected chi connectivity index (χ0v) is 31.3. The van der Waals surface area contributed by atoms with Gasteiger partial charge >= 0.3 is 13.6 Å². The second-order valence-corrected chi connectivity index (χ2v) is 15.2. The number of hydrogen-bond donors (Lipinski definition) is 5. The molecule has 5 atom stereocenters. The summed E-state index contributed by atoms with van der Waals surface area (Å²) in [6, 6.07) is 29.3. The molecular weight excluding hydrogens is 693 g/mol. The van der Waals surface area contributed by atoms with E-state index < -0.39 is 31.9 Å². The molecule has 4 aromatic carbocycles. The third-order valence-electron chi connectivity index (χ3n) is 9.55. The van der Waals surface area contributed by atoms with Gasteiger partial charge in [0.15, 0.2) is 6.35 Å². The number of nitrogens with one attached hydrogen (secondary N) is 1. The van der Waals surface area contributed by atoms with Crippen molar-refractivity contribution >= 4 is 25.1 Å². The Kier molecular flexibility index (Phi) is 13.3. The standard InChI is InChI=1S/C40H50N5O7P/c1-4-51-53(49,52-5-2)26-50-32-19-16-29(17-20-32)24-45-36(27(3)31-14-10-7-11-15-31)38(47)37(46)35(23-28-12-8-6-9-13-28)44(40(45)48)25-30-18-21-34(41)33(22-30)39(42)43/h6-22,27,35-38,46-47H,4-5,23-26,41H2,1-3H3,(H3,42,43)/t27-,35-,36-,37+,38+/m1/s1. The van der Waals surface area contributed by atoms with E-state index >= 15 is 4.79 Å². The minimum absolute atomic E-state index is 0.0517. The first-order valence-electron chi connectivity index (χ1n) is 17.8. The molecule has 53 heavy (non-hydrogen) atoms. The Morgan fingerprint density at radius 1 is 0.830 bits per heavy atom. The fourth-order valence-corrected chi connectivity index (χ4v) is 8.19. The van der Waals surface area contributed by atoms with Crippen molar-refractivity contribution in [3.8, 4) is 5.75 Å². The van der Waals surface area contributed by atoms with Gasteiger partial charge in [0.1, 0.15) is 23.8 Å². The van der Waals surface area contributed by atoms with Gasteiger partial charge in [-0.2, -0.15) is 0 Å². The summed E-state index contributed by atoms with van der Waals surface area (Å²) in [5, 5.41) is 32.3. The third kappa shape index (κ3) is 9.64. The molecule has 0 bridgehead atoms. The molecule has 5 rings (SSSR count). The Hall–Kier alpha value is -4.71. The number of nitrogens with two attached hydrogens (primary N) is 2. The summed E-state index contributed by atoms with van der Waals surface area (Å²) >= 11 is 0. The van der Waals surface area contributed by atoms with Crippen LogP contribution in [-0.2, 0) is 33.1 Å². The molecule has 0 radical (unpaired) electrons. The van der Waals surface area contributed by atoms with Gasteiger partial charge in [-0.3, -0.25) is 9.97 Å². The lowest BCUT2D eigenvalue weighted by Crippen LogP contribution is -2.51. The predicted molar refractivity (Wildman–Crippen MR) is 206 cm³/mol. The van der Waals surface area contributed by atoms with E-state index in [9.17, 15) is 14.8 Å². The molecule has 282 valence electrons. The number of nitrogen functional groups attached to an aromatic ring is 2. The van der Waals surface area contributed by atoms with Crippen molar-refractivity contribution in [2.45, 2.75) is 70.5 Å². The van der Waals surface area contributed by atoms with Crippen molar-refractivity contribution in [3.63, 3.8) is 0 Å². The molecule has 2 amide bonds. The number of amides is 2. The van der Waals surface area contributed by atoms with E-state index in [4.69, 9.17) is 30.7 Å². The Balaban J connectivity index is 1.54. The van der Waals surface area contributed by atoms with Crippen LogP contribution in [0, 0.1) is 5.41 Å². The Morgan fingerprint density at radius 2 is 1.42 bits per heavy atom. The van der Waals surface area contributed by atoms with Gasteiger partial charge in [-0.1, -0.05) is 85.8 Å². The van der Waals surface area contributed by atoms with Crippen LogP contribution < -0.4 is 16.2 Å². The number of anilines is 1. The number of carbonyl (C=O) groups excluding carboxylic acids is 1. The zero-order valence-electron chi connectivity index (χ0n) is 30.4. The van der Waals surface area contributed by atoms with Crippen LogP contribution >= 0.6 is 7.60 Å². The molecule has 1 saturated heterocycles. The van der Waals surface area contributed by atoms with Crippen LogP contribution in [-0.4, -0.2) is 75.7 Å². The van der Waals surface area contributed by atoms with Gasteiger partial charge in [-0.15, -0.1) is 0 Å². The summed E-state index contributed by atoms with van der Waals surface area (Å²) in [4.78, 5) is 18.4. The number of benzene rings is 4. The largest absolute Gasteiger partial charge is 0.481 e. The third-order valence-corrected chi connectivity index (χ3v) is 11.3. The lowest BCUT2D eigenvalue weighted by molar-refractivity contribution is -0.0455. The molecule has 4 aromatic rings. The summed E-state index contributed by atoms with van der Waals surface area (Å²) in [5.41, 5.74) is 15.8. The molecule has 1 aliphatic rings. The van der Waals surface area contributed by atoms with Gasteiger partial charge in [-0.05, 0) is 66.8 Å². The normalized spacial score (nSPS) is 19.8. The summed E-state index contributed by atoms with van der Waals surface area (Å²) in [6.07, 6.45) is -2.64. The maximum Gasteiger partial charge on any atom is 0.367 e. The van der Waals surface area contributed by atoms with E-state index in [1.807, 2.05) is 67.6 Å². The highest BCUT2D eigenvalue weighted by Gasteiger charge is 2.48. The van der Waals surface area contributed by atoms with Crippen molar-refractivity contribution in [1.29, 1.82) is 5.41 Å². The van der Waals surface area contributed by atoms with Crippen LogP contribution in [0.1, 0.15) is 54.5 Å². The molecule has 0 aromatic heterocycles. The minimum Gasteiger partial charge on any atom is -0.481 e. The highest BCUT2D eigenvalue weighted by atomic mass is 31.2. The lowest BCUT2D eigenvalue weighted by Gasteiger charge is -2.38. The van der Waals surface area contributed by atoms with Crippen molar-refractivity contribution in [2.24, 2.45) is 5.73 Å². The molecule has 1 aliphatic heterocycles.